The second-order valence-electron chi connectivity index (χ2n) is 6.81. The molecule has 2 aromatic rings. The van der Waals surface area contributed by atoms with E-state index in [0.29, 0.717) is 22.2 Å². The van der Waals surface area contributed by atoms with Crippen molar-refractivity contribution in [2.24, 2.45) is 5.92 Å². The first-order chi connectivity index (χ1) is 13.0. The number of hydrogen-bond donors (Lipinski definition) is 1. The Balaban J connectivity index is 1.47. The zero-order valence-electron chi connectivity index (χ0n) is 15.1. The fraction of sp³-hybridized carbons (Fsp3) is 0.444. The molecule has 0 saturated carbocycles. The second kappa shape index (κ2) is 7.15. The first-order valence-corrected chi connectivity index (χ1v) is 9.69. The molecule has 4 rings (SSSR count). The average Bonchev–Trinajstić information content (AvgIpc) is 3.39. The van der Waals surface area contributed by atoms with E-state index < -0.39 is 0 Å². The summed E-state index contributed by atoms with van der Waals surface area (Å²) in [6.45, 7) is 4.68. The number of hydrogen-bond acceptors (Lipinski definition) is 7. The number of likely N-dealkylation sites (tertiary alicyclic amines) is 1. The predicted molar refractivity (Wildman–Crippen MR) is 99.0 cm³/mol. The number of nitrogens with one attached hydrogen (secondary N) is 1. The number of benzene rings is 1. The molecular formula is C18H20N4O4S. The number of amides is 2. The smallest absolute Gasteiger partial charge is 0.286 e. The molecule has 1 saturated heterocycles. The first-order valence-electron chi connectivity index (χ1n) is 8.88. The van der Waals surface area contributed by atoms with Gasteiger partial charge in [-0.25, -0.2) is 0 Å². The fourth-order valence-electron chi connectivity index (χ4n) is 3.24. The second-order valence-corrected chi connectivity index (χ2v) is 7.82. The van der Waals surface area contributed by atoms with E-state index in [4.69, 9.17) is 9.47 Å². The summed E-state index contributed by atoms with van der Waals surface area (Å²) in [6, 6.07) is 5.11. The van der Waals surface area contributed by atoms with Crippen molar-refractivity contribution in [3.05, 3.63) is 28.2 Å². The summed E-state index contributed by atoms with van der Waals surface area (Å²) in [5.74, 6) is 0.964. The van der Waals surface area contributed by atoms with Gasteiger partial charge in [-0.15, -0.1) is 10.2 Å². The molecule has 1 atom stereocenters. The van der Waals surface area contributed by atoms with E-state index in [-0.39, 0.29) is 35.6 Å². The Morgan fingerprint density at radius 1 is 1.26 bits per heavy atom. The summed E-state index contributed by atoms with van der Waals surface area (Å²) in [5, 5.41) is 12.0. The van der Waals surface area contributed by atoms with Gasteiger partial charge in [0.1, 0.15) is 5.01 Å². The van der Waals surface area contributed by atoms with Crippen molar-refractivity contribution in [3.63, 3.8) is 0 Å². The number of carbonyl (C=O) groups excluding carboxylic acids is 2. The molecule has 2 aliphatic rings. The van der Waals surface area contributed by atoms with Gasteiger partial charge in [-0.3, -0.25) is 9.59 Å². The lowest BCUT2D eigenvalue weighted by Crippen LogP contribution is -2.33. The molecule has 0 radical (unpaired) electrons. The molecule has 142 valence electrons. The number of ether oxygens (including phenoxy) is 2. The summed E-state index contributed by atoms with van der Waals surface area (Å²) < 4.78 is 10.6. The zero-order chi connectivity index (χ0) is 19.0. The van der Waals surface area contributed by atoms with E-state index in [2.05, 4.69) is 15.5 Å². The van der Waals surface area contributed by atoms with Crippen molar-refractivity contribution in [1.82, 2.24) is 15.1 Å². The van der Waals surface area contributed by atoms with Crippen LogP contribution in [-0.2, 0) is 4.79 Å². The van der Waals surface area contributed by atoms with E-state index in [1.807, 2.05) is 18.7 Å². The minimum Gasteiger partial charge on any atom is -0.454 e. The SMILES string of the molecule is CC(C)C(=O)N1CCCC1c1nnc(C(=O)Nc2ccc3c(c2)OCO3)s1. The van der Waals surface area contributed by atoms with Gasteiger partial charge in [-0.1, -0.05) is 25.2 Å². The van der Waals surface area contributed by atoms with Crippen LogP contribution in [0.15, 0.2) is 18.2 Å². The van der Waals surface area contributed by atoms with Gasteiger partial charge in [0.05, 0.1) is 6.04 Å². The van der Waals surface area contributed by atoms with Gasteiger partial charge in [0.25, 0.3) is 5.91 Å². The van der Waals surface area contributed by atoms with E-state index >= 15 is 0 Å². The monoisotopic (exact) mass is 388 g/mol. The molecule has 1 fully saturated rings. The minimum atomic E-state index is -0.336. The van der Waals surface area contributed by atoms with Crippen molar-refractivity contribution < 1.29 is 19.1 Å². The molecule has 1 aromatic heterocycles. The maximum absolute atomic E-state index is 12.5. The van der Waals surface area contributed by atoms with Crippen molar-refractivity contribution >= 4 is 28.8 Å². The third-order valence-electron chi connectivity index (χ3n) is 4.58. The lowest BCUT2D eigenvalue weighted by Gasteiger charge is -2.24. The van der Waals surface area contributed by atoms with Crippen molar-refractivity contribution in [2.75, 3.05) is 18.7 Å². The normalized spacial score (nSPS) is 18.2. The highest BCUT2D eigenvalue weighted by atomic mass is 32.1. The highest BCUT2D eigenvalue weighted by Gasteiger charge is 2.34. The van der Waals surface area contributed by atoms with Crippen LogP contribution in [0.25, 0.3) is 0 Å². The van der Waals surface area contributed by atoms with Crippen LogP contribution in [0.3, 0.4) is 0 Å². The van der Waals surface area contributed by atoms with Crippen LogP contribution < -0.4 is 14.8 Å². The number of nitrogens with zero attached hydrogens (tertiary/aromatic N) is 3. The molecule has 0 aliphatic carbocycles. The van der Waals surface area contributed by atoms with Crippen LogP contribution in [0.5, 0.6) is 11.5 Å². The number of fused-ring (bicyclic) bond motifs is 1. The maximum Gasteiger partial charge on any atom is 0.286 e. The predicted octanol–water partition coefficient (Wildman–Crippen LogP) is 2.84. The molecule has 8 nitrogen and oxygen atoms in total. The minimum absolute atomic E-state index is 0.0627. The molecule has 2 amide bonds. The lowest BCUT2D eigenvalue weighted by atomic mass is 10.1. The summed E-state index contributed by atoms with van der Waals surface area (Å²) in [6.07, 6.45) is 1.78. The molecule has 9 heteroatoms. The van der Waals surface area contributed by atoms with Crippen molar-refractivity contribution in [1.29, 1.82) is 0 Å². The fourth-order valence-corrected chi connectivity index (χ4v) is 4.12. The van der Waals surface area contributed by atoms with Crippen molar-refractivity contribution in [3.8, 4) is 11.5 Å². The van der Waals surface area contributed by atoms with Gasteiger partial charge in [0.2, 0.25) is 17.7 Å². The van der Waals surface area contributed by atoms with Crippen molar-refractivity contribution in [2.45, 2.75) is 32.7 Å². The van der Waals surface area contributed by atoms with Gasteiger partial charge in [-0.05, 0) is 25.0 Å². The van der Waals surface area contributed by atoms with Crippen LogP contribution >= 0.6 is 11.3 Å². The standard InChI is InChI=1S/C18H20N4O4S/c1-10(2)18(24)22-7-3-4-12(22)16-20-21-17(27-16)15(23)19-11-5-6-13-14(8-11)26-9-25-13/h5-6,8,10,12H,3-4,7,9H2,1-2H3,(H,19,23). The van der Waals surface area contributed by atoms with Gasteiger partial charge in [0, 0.05) is 24.2 Å². The van der Waals surface area contributed by atoms with Crippen LogP contribution in [0.4, 0.5) is 5.69 Å². The largest absolute Gasteiger partial charge is 0.454 e. The molecule has 2 aliphatic heterocycles. The van der Waals surface area contributed by atoms with E-state index in [1.165, 1.54) is 11.3 Å². The van der Waals surface area contributed by atoms with Crippen LogP contribution in [0, 0.1) is 5.92 Å². The number of carbonyl (C=O) groups is 2. The molecule has 1 unspecified atom stereocenters. The molecule has 0 bridgehead atoms. The molecule has 3 heterocycles. The average molecular weight is 388 g/mol. The Hall–Kier alpha value is -2.68. The topological polar surface area (TPSA) is 93.7 Å². The van der Waals surface area contributed by atoms with Crippen LogP contribution in [0.2, 0.25) is 0 Å². The van der Waals surface area contributed by atoms with E-state index in [0.717, 1.165) is 19.4 Å². The van der Waals surface area contributed by atoms with Crippen LogP contribution in [0.1, 0.15) is 47.5 Å². The Kier molecular flexibility index (Phi) is 4.69. The highest BCUT2D eigenvalue weighted by molar-refractivity contribution is 7.13. The molecule has 1 aromatic carbocycles. The number of anilines is 1. The maximum atomic E-state index is 12.5. The van der Waals surface area contributed by atoms with Gasteiger partial charge in [-0.2, -0.15) is 0 Å². The Morgan fingerprint density at radius 3 is 2.89 bits per heavy atom. The van der Waals surface area contributed by atoms with E-state index in [1.54, 1.807) is 18.2 Å². The van der Waals surface area contributed by atoms with Crippen LogP contribution in [-0.4, -0.2) is 40.2 Å². The summed E-state index contributed by atoms with van der Waals surface area (Å²) >= 11 is 1.23. The number of rotatable bonds is 4. The lowest BCUT2D eigenvalue weighted by molar-refractivity contribution is -0.135. The van der Waals surface area contributed by atoms with Gasteiger partial charge in [0.15, 0.2) is 11.5 Å². The third-order valence-corrected chi connectivity index (χ3v) is 5.60. The summed E-state index contributed by atoms with van der Waals surface area (Å²) in [5.41, 5.74) is 0.596. The Bertz CT molecular complexity index is 882. The van der Waals surface area contributed by atoms with E-state index in [9.17, 15) is 9.59 Å². The molecule has 0 spiro atoms. The summed E-state index contributed by atoms with van der Waals surface area (Å²) in [7, 11) is 0. The third kappa shape index (κ3) is 3.46. The number of aromatic nitrogens is 2. The Morgan fingerprint density at radius 2 is 2.07 bits per heavy atom. The quantitative estimate of drug-likeness (QED) is 0.866. The molecular weight excluding hydrogens is 368 g/mol. The zero-order valence-corrected chi connectivity index (χ0v) is 15.9. The highest BCUT2D eigenvalue weighted by Crippen LogP contribution is 2.36. The molecule has 27 heavy (non-hydrogen) atoms. The Labute approximate surface area is 160 Å². The first kappa shape index (κ1) is 17.7. The van der Waals surface area contributed by atoms with Gasteiger partial charge >= 0.3 is 0 Å². The summed E-state index contributed by atoms with van der Waals surface area (Å²) in [4.78, 5) is 26.7. The molecule has 1 N–H and O–H groups in total. The van der Waals surface area contributed by atoms with Gasteiger partial charge < -0.3 is 19.7 Å².